The first-order valence-electron chi connectivity index (χ1n) is 9.44. The summed E-state index contributed by atoms with van der Waals surface area (Å²) in [5.41, 5.74) is 1.52. The fourth-order valence-electron chi connectivity index (χ4n) is 4.03. The van der Waals surface area contributed by atoms with E-state index < -0.39 is 0 Å². The van der Waals surface area contributed by atoms with Crippen molar-refractivity contribution in [1.29, 1.82) is 0 Å². The number of carbonyl (C=O) groups is 2. The maximum atomic E-state index is 12.8. The number of nitrogens with zero attached hydrogens (tertiary/aromatic N) is 2. The molecule has 1 aromatic rings. The lowest BCUT2D eigenvalue weighted by Gasteiger charge is -2.44. The second-order valence-corrected chi connectivity index (χ2v) is 7.79. The zero-order valence-electron chi connectivity index (χ0n) is 16.0. The van der Waals surface area contributed by atoms with Gasteiger partial charge >= 0.3 is 0 Å². The number of hydrogen-bond acceptors (Lipinski definition) is 3. The van der Waals surface area contributed by atoms with Crippen LogP contribution in [-0.2, 0) is 4.79 Å². The Kier molecular flexibility index (Phi) is 5.19. The molecule has 0 aliphatic carbocycles. The molecule has 5 heteroatoms. The molecule has 1 spiro atoms. The number of carbonyl (C=O) groups excluding carboxylic acids is 2. The number of likely N-dealkylation sites (tertiary alicyclic amines) is 1. The van der Waals surface area contributed by atoms with Gasteiger partial charge in [0.1, 0.15) is 0 Å². The summed E-state index contributed by atoms with van der Waals surface area (Å²) < 4.78 is 0. The fourth-order valence-corrected chi connectivity index (χ4v) is 4.03. The first kappa shape index (κ1) is 18.6. The zero-order chi connectivity index (χ0) is 18.9. The number of benzene rings is 1. The summed E-state index contributed by atoms with van der Waals surface area (Å²) in [6.45, 7) is 11.8. The van der Waals surface area contributed by atoms with Crippen molar-refractivity contribution in [3.05, 3.63) is 48.0 Å². The van der Waals surface area contributed by atoms with E-state index in [1.807, 2.05) is 41.0 Å². The first-order valence-corrected chi connectivity index (χ1v) is 9.44. The van der Waals surface area contributed by atoms with Crippen molar-refractivity contribution in [2.24, 2.45) is 5.92 Å². The molecule has 2 saturated heterocycles. The van der Waals surface area contributed by atoms with Crippen molar-refractivity contribution in [3.63, 3.8) is 0 Å². The Morgan fingerprint density at radius 2 is 1.92 bits per heavy atom. The molecule has 2 aliphatic heterocycles. The summed E-state index contributed by atoms with van der Waals surface area (Å²) in [6, 6.07) is 7.55. The van der Waals surface area contributed by atoms with Crippen LogP contribution in [0.5, 0.6) is 0 Å². The highest BCUT2D eigenvalue weighted by Gasteiger charge is 2.51. The van der Waals surface area contributed by atoms with E-state index in [2.05, 4.69) is 25.7 Å². The van der Waals surface area contributed by atoms with Gasteiger partial charge in [0.05, 0.1) is 11.7 Å². The molecule has 0 aromatic heterocycles. The first-order chi connectivity index (χ1) is 12.4. The van der Waals surface area contributed by atoms with Crippen molar-refractivity contribution >= 4 is 11.8 Å². The minimum Gasteiger partial charge on any atom is -0.338 e. The Labute approximate surface area is 156 Å². The highest BCUT2D eigenvalue weighted by molar-refractivity contribution is 5.94. The number of aryl methyl sites for hydroxylation is 1. The largest absolute Gasteiger partial charge is 0.338 e. The second kappa shape index (κ2) is 7.23. The van der Waals surface area contributed by atoms with E-state index in [1.165, 1.54) is 0 Å². The van der Waals surface area contributed by atoms with Gasteiger partial charge in [0.2, 0.25) is 5.91 Å². The van der Waals surface area contributed by atoms with Crippen molar-refractivity contribution in [2.45, 2.75) is 45.3 Å². The minimum atomic E-state index is -0.357. The van der Waals surface area contributed by atoms with Crippen LogP contribution in [0.3, 0.4) is 0 Å². The van der Waals surface area contributed by atoms with Crippen LogP contribution in [0.25, 0.3) is 0 Å². The predicted molar refractivity (Wildman–Crippen MR) is 103 cm³/mol. The van der Waals surface area contributed by atoms with E-state index >= 15 is 0 Å². The van der Waals surface area contributed by atoms with Gasteiger partial charge in [0.15, 0.2) is 0 Å². The molecule has 2 aliphatic rings. The quantitative estimate of drug-likeness (QED) is 0.845. The maximum Gasteiger partial charge on any atom is 0.253 e. The number of piperidine rings is 1. The van der Waals surface area contributed by atoms with Crippen LogP contribution in [0.15, 0.2) is 36.9 Å². The van der Waals surface area contributed by atoms with Crippen LogP contribution < -0.4 is 5.32 Å². The standard InChI is InChI=1S/C21H29N3O2/c1-5-12-24-20(26)18(15(2)3)22-21(24)10-13-23(14-11-21)19(25)17-8-6-16(4)7-9-17/h5-9,15,18,22H,1,10-14H2,2-4H3. The number of nitrogens with one attached hydrogen (secondary N) is 1. The Morgan fingerprint density at radius 1 is 1.31 bits per heavy atom. The Hall–Kier alpha value is -2.14. The van der Waals surface area contributed by atoms with E-state index in [1.54, 1.807) is 6.08 Å². The van der Waals surface area contributed by atoms with Gasteiger partial charge in [-0.3, -0.25) is 14.9 Å². The third-order valence-corrected chi connectivity index (χ3v) is 5.63. The molecular formula is C21H29N3O2. The van der Waals surface area contributed by atoms with Gasteiger partial charge in [-0.1, -0.05) is 37.6 Å². The molecular weight excluding hydrogens is 326 g/mol. The lowest BCUT2D eigenvalue weighted by molar-refractivity contribution is -0.133. The molecule has 140 valence electrons. The van der Waals surface area contributed by atoms with Crippen LogP contribution in [0.1, 0.15) is 42.6 Å². The lowest BCUT2D eigenvalue weighted by Crippen LogP contribution is -2.59. The topological polar surface area (TPSA) is 52.7 Å². The average Bonchev–Trinajstić information content (AvgIpc) is 2.89. The van der Waals surface area contributed by atoms with E-state index in [9.17, 15) is 9.59 Å². The molecule has 3 rings (SSSR count). The van der Waals surface area contributed by atoms with E-state index in [4.69, 9.17) is 0 Å². The van der Waals surface area contributed by atoms with Gasteiger partial charge in [-0.05, 0) is 25.0 Å². The highest BCUT2D eigenvalue weighted by atomic mass is 16.2. The minimum absolute atomic E-state index is 0.0693. The SMILES string of the molecule is C=CCN1C(=O)C(C(C)C)NC12CCN(C(=O)c1ccc(C)cc1)CC2. The predicted octanol–water partition coefficient (Wildman–Crippen LogP) is 2.57. The van der Waals surface area contributed by atoms with Crippen LogP contribution in [-0.4, -0.2) is 53.0 Å². The van der Waals surface area contributed by atoms with Gasteiger partial charge < -0.3 is 9.80 Å². The molecule has 0 radical (unpaired) electrons. The summed E-state index contributed by atoms with van der Waals surface area (Å²) in [6.07, 6.45) is 3.27. The van der Waals surface area contributed by atoms with E-state index in [-0.39, 0.29) is 29.4 Å². The van der Waals surface area contributed by atoms with Crippen molar-refractivity contribution in [2.75, 3.05) is 19.6 Å². The van der Waals surface area contributed by atoms with Crippen LogP contribution >= 0.6 is 0 Å². The smallest absolute Gasteiger partial charge is 0.253 e. The number of hydrogen-bond donors (Lipinski definition) is 1. The molecule has 2 fully saturated rings. The summed E-state index contributed by atoms with van der Waals surface area (Å²) in [5, 5.41) is 3.59. The summed E-state index contributed by atoms with van der Waals surface area (Å²) in [5.74, 6) is 0.458. The lowest BCUT2D eigenvalue weighted by atomic mass is 9.95. The number of rotatable bonds is 4. The summed E-state index contributed by atoms with van der Waals surface area (Å²) in [7, 11) is 0. The molecule has 1 atom stereocenters. The van der Waals surface area contributed by atoms with Crippen LogP contribution in [0, 0.1) is 12.8 Å². The third-order valence-electron chi connectivity index (χ3n) is 5.63. The van der Waals surface area contributed by atoms with Crippen molar-refractivity contribution in [3.8, 4) is 0 Å². The monoisotopic (exact) mass is 355 g/mol. The Morgan fingerprint density at radius 3 is 2.46 bits per heavy atom. The second-order valence-electron chi connectivity index (χ2n) is 7.79. The Bertz CT molecular complexity index is 688. The molecule has 1 aromatic carbocycles. The van der Waals surface area contributed by atoms with Crippen LogP contribution in [0.2, 0.25) is 0 Å². The van der Waals surface area contributed by atoms with Crippen LogP contribution in [0.4, 0.5) is 0 Å². The normalized spacial score (nSPS) is 22.3. The molecule has 2 heterocycles. The Balaban J connectivity index is 1.73. The van der Waals surface area contributed by atoms with E-state index in [0.29, 0.717) is 19.6 Å². The van der Waals surface area contributed by atoms with Crippen molar-refractivity contribution < 1.29 is 9.59 Å². The number of amides is 2. The van der Waals surface area contributed by atoms with Crippen molar-refractivity contribution in [1.82, 2.24) is 15.1 Å². The maximum absolute atomic E-state index is 12.8. The highest BCUT2D eigenvalue weighted by Crippen LogP contribution is 2.34. The fraction of sp³-hybridized carbons (Fsp3) is 0.524. The zero-order valence-corrected chi connectivity index (χ0v) is 16.0. The van der Waals surface area contributed by atoms with Gasteiger partial charge in [0, 0.05) is 38.0 Å². The van der Waals surface area contributed by atoms with Gasteiger partial charge in [-0.2, -0.15) is 0 Å². The summed E-state index contributed by atoms with van der Waals surface area (Å²) >= 11 is 0. The summed E-state index contributed by atoms with van der Waals surface area (Å²) in [4.78, 5) is 29.4. The van der Waals surface area contributed by atoms with Gasteiger partial charge in [-0.25, -0.2) is 0 Å². The average molecular weight is 355 g/mol. The molecule has 0 bridgehead atoms. The molecule has 5 nitrogen and oxygen atoms in total. The molecule has 1 N–H and O–H groups in total. The molecule has 26 heavy (non-hydrogen) atoms. The third kappa shape index (κ3) is 3.28. The molecule has 2 amide bonds. The van der Waals surface area contributed by atoms with Gasteiger partial charge in [-0.15, -0.1) is 6.58 Å². The molecule has 0 saturated carbocycles. The molecule has 1 unspecified atom stereocenters. The van der Waals surface area contributed by atoms with Gasteiger partial charge in [0.25, 0.3) is 5.91 Å². The van der Waals surface area contributed by atoms with E-state index in [0.717, 1.165) is 24.0 Å².